The summed E-state index contributed by atoms with van der Waals surface area (Å²) < 4.78 is 10.7. The molecular weight excluding hydrogens is 470 g/mol. The van der Waals surface area contributed by atoms with Crippen molar-refractivity contribution in [1.29, 1.82) is 0 Å². The van der Waals surface area contributed by atoms with Crippen LogP contribution in [0.15, 0.2) is 96.1 Å². The summed E-state index contributed by atoms with van der Waals surface area (Å²) in [5.41, 5.74) is 3.96. The first-order valence-electron chi connectivity index (χ1n) is 11.7. The maximum atomic E-state index is 12.5. The van der Waals surface area contributed by atoms with Gasteiger partial charge in [-0.25, -0.2) is 10.2 Å². The number of ether oxygens (including phenoxy) is 2. The zero-order chi connectivity index (χ0) is 26.0. The van der Waals surface area contributed by atoms with Gasteiger partial charge in [0.1, 0.15) is 11.5 Å². The first-order chi connectivity index (χ1) is 18.0. The Bertz CT molecular complexity index is 1430. The number of nitrogens with zero attached hydrogens (tertiary/aromatic N) is 1. The Morgan fingerprint density at radius 3 is 2.30 bits per heavy atom. The van der Waals surface area contributed by atoms with Gasteiger partial charge < -0.3 is 14.8 Å². The number of amides is 2. The Morgan fingerprint density at radius 2 is 1.54 bits per heavy atom. The highest BCUT2D eigenvalue weighted by Gasteiger charge is 2.11. The summed E-state index contributed by atoms with van der Waals surface area (Å²) >= 11 is 0. The molecule has 4 aromatic rings. The van der Waals surface area contributed by atoms with E-state index in [1.54, 1.807) is 60.7 Å². The summed E-state index contributed by atoms with van der Waals surface area (Å²) in [6.45, 7) is 2.21. The van der Waals surface area contributed by atoms with E-state index in [4.69, 9.17) is 9.47 Å². The summed E-state index contributed by atoms with van der Waals surface area (Å²) in [6.07, 6.45) is 1.45. The van der Waals surface area contributed by atoms with Gasteiger partial charge in [0.2, 0.25) is 0 Å². The standard InChI is InChI=1S/C29H25N3O5/c1-2-36-23-16-12-22(13-17-23)29(35)37-24-14-10-20(11-15-24)18-31-32-27(33)19-30-28(34)26-9-5-7-21-6-3-4-8-25(21)26/h3-18H,2,19H2,1H3,(H,30,34)(H,32,33)/b31-18-. The molecule has 8 nitrogen and oxygen atoms in total. The molecule has 0 aliphatic carbocycles. The minimum Gasteiger partial charge on any atom is -0.494 e. The third-order valence-corrected chi connectivity index (χ3v) is 5.34. The molecule has 37 heavy (non-hydrogen) atoms. The van der Waals surface area contributed by atoms with Gasteiger partial charge in [0.25, 0.3) is 11.8 Å². The van der Waals surface area contributed by atoms with Crippen LogP contribution in [0.25, 0.3) is 10.8 Å². The molecule has 0 aliphatic rings. The monoisotopic (exact) mass is 495 g/mol. The largest absolute Gasteiger partial charge is 0.494 e. The molecule has 2 amide bonds. The highest BCUT2D eigenvalue weighted by Crippen LogP contribution is 2.18. The molecule has 0 saturated heterocycles. The molecule has 0 unspecified atom stereocenters. The van der Waals surface area contributed by atoms with Crippen LogP contribution in [0.5, 0.6) is 11.5 Å². The lowest BCUT2D eigenvalue weighted by atomic mass is 10.0. The van der Waals surface area contributed by atoms with Crippen LogP contribution in [0.1, 0.15) is 33.2 Å². The number of carbonyl (C=O) groups is 3. The molecule has 0 heterocycles. The number of nitrogens with one attached hydrogen (secondary N) is 2. The van der Waals surface area contributed by atoms with Crippen molar-refractivity contribution in [2.75, 3.05) is 13.2 Å². The van der Waals surface area contributed by atoms with Crippen LogP contribution in [0.3, 0.4) is 0 Å². The average Bonchev–Trinajstić information content (AvgIpc) is 2.93. The number of hydrazone groups is 1. The van der Waals surface area contributed by atoms with Gasteiger partial charge in [-0.2, -0.15) is 5.10 Å². The lowest BCUT2D eigenvalue weighted by Crippen LogP contribution is -2.35. The van der Waals surface area contributed by atoms with E-state index in [1.165, 1.54) is 6.21 Å². The average molecular weight is 496 g/mol. The number of rotatable bonds is 9. The molecule has 0 bridgehead atoms. The van der Waals surface area contributed by atoms with E-state index in [-0.39, 0.29) is 12.5 Å². The summed E-state index contributed by atoms with van der Waals surface area (Å²) in [6, 6.07) is 26.3. The third-order valence-electron chi connectivity index (χ3n) is 5.34. The minimum absolute atomic E-state index is 0.222. The summed E-state index contributed by atoms with van der Waals surface area (Å²) in [4.78, 5) is 36.9. The number of carbonyl (C=O) groups excluding carboxylic acids is 3. The van der Waals surface area contributed by atoms with Crippen molar-refractivity contribution in [3.63, 3.8) is 0 Å². The maximum absolute atomic E-state index is 12.5. The predicted molar refractivity (Wildman–Crippen MR) is 141 cm³/mol. The van der Waals surface area contributed by atoms with Crippen LogP contribution in [-0.2, 0) is 4.79 Å². The van der Waals surface area contributed by atoms with Crippen LogP contribution < -0.4 is 20.2 Å². The highest BCUT2D eigenvalue weighted by molar-refractivity contribution is 6.07. The van der Waals surface area contributed by atoms with Gasteiger partial charge >= 0.3 is 5.97 Å². The van der Waals surface area contributed by atoms with Gasteiger partial charge in [-0.1, -0.05) is 36.4 Å². The van der Waals surface area contributed by atoms with E-state index in [9.17, 15) is 14.4 Å². The minimum atomic E-state index is -0.484. The fourth-order valence-electron chi connectivity index (χ4n) is 3.54. The number of fused-ring (bicyclic) bond motifs is 1. The maximum Gasteiger partial charge on any atom is 0.343 e. The molecule has 4 aromatic carbocycles. The van der Waals surface area contributed by atoms with Crippen LogP contribution in [0.2, 0.25) is 0 Å². The zero-order valence-corrected chi connectivity index (χ0v) is 20.1. The van der Waals surface area contributed by atoms with Gasteiger partial charge in [-0.05, 0) is 77.9 Å². The molecule has 0 fully saturated rings. The van der Waals surface area contributed by atoms with Crippen LogP contribution in [0.4, 0.5) is 0 Å². The van der Waals surface area contributed by atoms with Crippen molar-refractivity contribution in [1.82, 2.24) is 10.7 Å². The molecule has 2 N–H and O–H groups in total. The second-order valence-corrected chi connectivity index (χ2v) is 7.92. The van der Waals surface area contributed by atoms with Gasteiger partial charge in [-0.3, -0.25) is 9.59 Å². The summed E-state index contributed by atoms with van der Waals surface area (Å²) in [5, 5.41) is 8.28. The Labute approximate surface area is 213 Å². The fourth-order valence-corrected chi connectivity index (χ4v) is 3.54. The highest BCUT2D eigenvalue weighted by atomic mass is 16.5. The molecule has 0 aliphatic heterocycles. The Morgan fingerprint density at radius 1 is 0.838 bits per heavy atom. The van der Waals surface area contributed by atoms with Crippen molar-refractivity contribution < 1.29 is 23.9 Å². The van der Waals surface area contributed by atoms with Crippen LogP contribution >= 0.6 is 0 Å². The predicted octanol–water partition coefficient (Wildman–Crippen LogP) is 4.34. The quantitative estimate of drug-likeness (QED) is 0.156. The van der Waals surface area contributed by atoms with Gasteiger partial charge in [-0.15, -0.1) is 0 Å². The van der Waals surface area contributed by atoms with Gasteiger partial charge in [0.15, 0.2) is 0 Å². The van der Waals surface area contributed by atoms with Crippen molar-refractivity contribution in [2.45, 2.75) is 6.92 Å². The topological polar surface area (TPSA) is 106 Å². The van der Waals surface area contributed by atoms with Crippen LogP contribution in [0, 0.1) is 0 Å². The smallest absolute Gasteiger partial charge is 0.343 e. The van der Waals surface area contributed by atoms with E-state index < -0.39 is 11.9 Å². The first kappa shape index (κ1) is 25.1. The molecule has 0 saturated carbocycles. The number of esters is 1. The lowest BCUT2D eigenvalue weighted by molar-refractivity contribution is -0.120. The molecular formula is C29H25N3O5. The van der Waals surface area contributed by atoms with Gasteiger partial charge in [0.05, 0.1) is 24.9 Å². The second-order valence-electron chi connectivity index (χ2n) is 7.92. The number of hydrogen-bond acceptors (Lipinski definition) is 6. The third kappa shape index (κ3) is 6.79. The zero-order valence-electron chi connectivity index (χ0n) is 20.1. The van der Waals surface area contributed by atoms with E-state index >= 15 is 0 Å². The number of hydrogen-bond donors (Lipinski definition) is 2. The molecule has 0 radical (unpaired) electrons. The Hall–Kier alpha value is -4.98. The number of benzene rings is 4. The molecule has 186 valence electrons. The normalized spacial score (nSPS) is 10.7. The van der Waals surface area contributed by atoms with E-state index in [0.717, 1.165) is 10.8 Å². The first-order valence-corrected chi connectivity index (χ1v) is 11.7. The van der Waals surface area contributed by atoms with E-state index in [0.29, 0.717) is 34.8 Å². The lowest BCUT2D eigenvalue weighted by Gasteiger charge is -2.07. The SMILES string of the molecule is CCOc1ccc(C(=O)Oc2ccc(/C=N\NC(=O)CNC(=O)c3cccc4ccccc34)cc2)cc1. The summed E-state index contributed by atoms with van der Waals surface area (Å²) in [5.74, 6) is -0.238. The Kier molecular flexibility index (Phi) is 8.23. The van der Waals surface area contributed by atoms with E-state index in [1.807, 2.05) is 37.3 Å². The molecule has 0 atom stereocenters. The van der Waals surface area contributed by atoms with Crippen molar-refractivity contribution in [2.24, 2.45) is 5.10 Å². The molecule has 0 aromatic heterocycles. The van der Waals surface area contributed by atoms with Crippen molar-refractivity contribution >= 4 is 34.8 Å². The van der Waals surface area contributed by atoms with Crippen molar-refractivity contribution in [3.8, 4) is 11.5 Å². The second kappa shape index (κ2) is 12.1. The Balaban J connectivity index is 1.24. The van der Waals surface area contributed by atoms with E-state index in [2.05, 4.69) is 15.8 Å². The molecule has 0 spiro atoms. The fraction of sp³-hybridized carbons (Fsp3) is 0.103. The summed E-state index contributed by atoms with van der Waals surface area (Å²) in [7, 11) is 0. The molecule has 4 rings (SSSR count). The van der Waals surface area contributed by atoms with Gasteiger partial charge in [0, 0.05) is 5.56 Å². The van der Waals surface area contributed by atoms with Crippen molar-refractivity contribution in [3.05, 3.63) is 108 Å². The molecule has 8 heteroatoms. The van der Waals surface area contributed by atoms with Crippen LogP contribution in [-0.4, -0.2) is 37.1 Å².